The molecule has 1 aliphatic heterocycles. The molecule has 3 nitrogen and oxygen atoms in total. The largest absolute Gasteiger partial charge is 0.480 e. The van der Waals surface area contributed by atoms with Gasteiger partial charge in [0.2, 0.25) is 0 Å². The quantitative estimate of drug-likeness (QED) is 0.863. The van der Waals surface area contributed by atoms with Gasteiger partial charge in [0.1, 0.15) is 5.54 Å². The van der Waals surface area contributed by atoms with E-state index in [1.807, 2.05) is 12.1 Å². The molecule has 2 rings (SSSR count). The Kier molecular flexibility index (Phi) is 3.44. The zero-order chi connectivity index (χ0) is 13.3. The summed E-state index contributed by atoms with van der Waals surface area (Å²) in [5.41, 5.74) is 1.60. The van der Waals surface area contributed by atoms with Gasteiger partial charge in [-0.15, -0.1) is 0 Å². The van der Waals surface area contributed by atoms with E-state index >= 15 is 0 Å². The molecule has 1 fully saturated rings. The van der Waals surface area contributed by atoms with Gasteiger partial charge in [0.15, 0.2) is 0 Å². The molecule has 0 saturated carbocycles. The predicted octanol–water partition coefficient (Wildman–Crippen LogP) is 2.73. The molecule has 2 atom stereocenters. The van der Waals surface area contributed by atoms with E-state index in [0.29, 0.717) is 5.92 Å². The van der Waals surface area contributed by atoms with E-state index in [1.54, 1.807) is 6.92 Å². The van der Waals surface area contributed by atoms with Crippen LogP contribution in [0.5, 0.6) is 0 Å². The van der Waals surface area contributed by atoms with E-state index in [2.05, 4.69) is 31.3 Å². The van der Waals surface area contributed by atoms with Gasteiger partial charge < -0.3 is 10.4 Å². The van der Waals surface area contributed by atoms with Gasteiger partial charge in [0.05, 0.1) is 0 Å². The van der Waals surface area contributed by atoms with Crippen molar-refractivity contribution in [3.8, 4) is 0 Å². The summed E-state index contributed by atoms with van der Waals surface area (Å²) in [7, 11) is 0. The molecule has 0 amide bonds. The first-order chi connectivity index (χ1) is 8.47. The molecule has 1 heterocycles. The van der Waals surface area contributed by atoms with Crippen molar-refractivity contribution in [1.29, 1.82) is 0 Å². The minimum atomic E-state index is -0.842. The maximum absolute atomic E-state index is 11.5. The van der Waals surface area contributed by atoms with Crippen molar-refractivity contribution in [2.24, 2.45) is 0 Å². The zero-order valence-corrected chi connectivity index (χ0v) is 11.2. The van der Waals surface area contributed by atoms with E-state index in [0.717, 1.165) is 13.0 Å². The highest BCUT2D eigenvalue weighted by Crippen LogP contribution is 2.39. The van der Waals surface area contributed by atoms with E-state index in [1.165, 1.54) is 11.1 Å². The number of rotatable bonds is 3. The van der Waals surface area contributed by atoms with Gasteiger partial charge in [0.25, 0.3) is 0 Å². The Morgan fingerprint density at radius 1 is 1.44 bits per heavy atom. The van der Waals surface area contributed by atoms with Crippen LogP contribution in [0.25, 0.3) is 0 Å². The third-order valence-corrected chi connectivity index (χ3v) is 4.06. The number of carbonyl (C=O) groups is 1. The first kappa shape index (κ1) is 13.1. The third-order valence-electron chi connectivity index (χ3n) is 4.06. The monoisotopic (exact) mass is 247 g/mol. The standard InChI is InChI=1S/C15H21NO2/c1-10(2)11-6-4-5-7-12(11)13-8-9-16-15(13,3)14(17)18/h4-7,10,13,16H,8-9H2,1-3H3,(H,17,18)/t13?,15-/m0/s1. The Labute approximate surface area is 108 Å². The molecule has 18 heavy (non-hydrogen) atoms. The van der Waals surface area contributed by atoms with Gasteiger partial charge >= 0.3 is 5.97 Å². The highest BCUT2D eigenvalue weighted by molar-refractivity contribution is 5.80. The second-order valence-corrected chi connectivity index (χ2v) is 5.56. The van der Waals surface area contributed by atoms with Crippen LogP contribution in [0.1, 0.15) is 50.2 Å². The Morgan fingerprint density at radius 3 is 2.72 bits per heavy atom. The fourth-order valence-corrected chi connectivity index (χ4v) is 2.93. The molecule has 0 spiro atoms. The van der Waals surface area contributed by atoms with E-state index < -0.39 is 11.5 Å². The summed E-state index contributed by atoms with van der Waals surface area (Å²) < 4.78 is 0. The Balaban J connectivity index is 2.46. The lowest BCUT2D eigenvalue weighted by Crippen LogP contribution is -2.48. The number of aliphatic carboxylic acids is 1. The second kappa shape index (κ2) is 4.73. The van der Waals surface area contributed by atoms with E-state index in [4.69, 9.17) is 0 Å². The molecule has 0 radical (unpaired) electrons. The van der Waals surface area contributed by atoms with E-state index in [9.17, 15) is 9.90 Å². The minimum Gasteiger partial charge on any atom is -0.480 e. The van der Waals surface area contributed by atoms with Crippen LogP contribution < -0.4 is 5.32 Å². The summed E-state index contributed by atoms with van der Waals surface area (Å²) >= 11 is 0. The van der Waals surface area contributed by atoms with Crippen LogP contribution in [0.4, 0.5) is 0 Å². The average Bonchev–Trinajstić information content (AvgIpc) is 2.72. The zero-order valence-electron chi connectivity index (χ0n) is 11.2. The van der Waals surface area contributed by atoms with Crippen molar-refractivity contribution in [2.45, 2.75) is 44.6 Å². The molecular weight excluding hydrogens is 226 g/mol. The number of carboxylic acid groups (broad SMARTS) is 1. The highest BCUT2D eigenvalue weighted by Gasteiger charge is 2.46. The molecule has 1 aliphatic rings. The van der Waals surface area contributed by atoms with Gasteiger partial charge in [-0.2, -0.15) is 0 Å². The van der Waals surface area contributed by atoms with Crippen LogP contribution in [0.3, 0.4) is 0 Å². The Hall–Kier alpha value is -1.35. The number of hydrogen-bond acceptors (Lipinski definition) is 2. The van der Waals surface area contributed by atoms with Gasteiger partial charge in [-0.05, 0) is 36.9 Å². The SMILES string of the molecule is CC(C)c1ccccc1C1CCN[C@]1(C)C(=O)O. The predicted molar refractivity (Wildman–Crippen MR) is 71.9 cm³/mol. The third kappa shape index (κ3) is 2.03. The van der Waals surface area contributed by atoms with Crippen molar-refractivity contribution < 1.29 is 9.90 Å². The van der Waals surface area contributed by atoms with Crippen LogP contribution in [0.2, 0.25) is 0 Å². The van der Waals surface area contributed by atoms with Crippen molar-refractivity contribution in [3.05, 3.63) is 35.4 Å². The molecule has 98 valence electrons. The molecule has 2 N–H and O–H groups in total. The molecule has 1 unspecified atom stereocenters. The maximum Gasteiger partial charge on any atom is 0.324 e. The Morgan fingerprint density at radius 2 is 2.11 bits per heavy atom. The smallest absolute Gasteiger partial charge is 0.324 e. The van der Waals surface area contributed by atoms with Crippen molar-refractivity contribution in [2.75, 3.05) is 6.54 Å². The lowest BCUT2D eigenvalue weighted by atomic mass is 9.78. The number of carboxylic acids is 1. The van der Waals surface area contributed by atoms with Gasteiger partial charge in [-0.3, -0.25) is 4.79 Å². The molecule has 1 aromatic carbocycles. The molecule has 0 bridgehead atoms. The average molecular weight is 247 g/mol. The van der Waals surface area contributed by atoms with Crippen LogP contribution in [-0.2, 0) is 4.79 Å². The molecule has 0 aromatic heterocycles. The first-order valence-electron chi connectivity index (χ1n) is 6.54. The number of nitrogens with one attached hydrogen (secondary N) is 1. The van der Waals surface area contributed by atoms with Crippen LogP contribution in [0, 0.1) is 0 Å². The fourth-order valence-electron chi connectivity index (χ4n) is 2.93. The van der Waals surface area contributed by atoms with Crippen LogP contribution in [0.15, 0.2) is 24.3 Å². The summed E-state index contributed by atoms with van der Waals surface area (Å²) in [6.45, 7) is 6.86. The fraction of sp³-hybridized carbons (Fsp3) is 0.533. The van der Waals surface area contributed by atoms with Crippen molar-refractivity contribution in [1.82, 2.24) is 5.32 Å². The second-order valence-electron chi connectivity index (χ2n) is 5.56. The normalized spacial score (nSPS) is 27.7. The molecular formula is C15H21NO2. The van der Waals surface area contributed by atoms with Crippen molar-refractivity contribution in [3.63, 3.8) is 0 Å². The topological polar surface area (TPSA) is 49.3 Å². The number of hydrogen-bond donors (Lipinski definition) is 2. The highest BCUT2D eigenvalue weighted by atomic mass is 16.4. The summed E-state index contributed by atoms with van der Waals surface area (Å²) in [5, 5.41) is 12.6. The molecule has 3 heteroatoms. The van der Waals surface area contributed by atoms with Crippen LogP contribution in [-0.4, -0.2) is 23.2 Å². The summed E-state index contributed by atoms with van der Waals surface area (Å²) in [6.07, 6.45) is 0.881. The lowest BCUT2D eigenvalue weighted by Gasteiger charge is -2.29. The minimum absolute atomic E-state index is 0.0496. The first-order valence-corrected chi connectivity index (χ1v) is 6.54. The Bertz CT molecular complexity index is 456. The molecule has 0 aliphatic carbocycles. The van der Waals surface area contributed by atoms with Gasteiger partial charge in [-0.25, -0.2) is 0 Å². The van der Waals surface area contributed by atoms with E-state index in [-0.39, 0.29) is 5.92 Å². The lowest BCUT2D eigenvalue weighted by molar-refractivity contribution is -0.144. The van der Waals surface area contributed by atoms with Gasteiger partial charge in [0, 0.05) is 5.92 Å². The summed E-state index contributed by atoms with van der Waals surface area (Å²) in [4.78, 5) is 11.5. The van der Waals surface area contributed by atoms with Crippen molar-refractivity contribution >= 4 is 5.97 Å². The van der Waals surface area contributed by atoms with Gasteiger partial charge in [-0.1, -0.05) is 38.1 Å². The summed E-state index contributed by atoms with van der Waals surface area (Å²) in [6, 6.07) is 8.22. The molecule has 1 aromatic rings. The van der Waals surface area contributed by atoms with Crippen LogP contribution >= 0.6 is 0 Å². The number of benzene rings is 1. The molecule has 1 saturated heterocycles. The summed E-state index contributed by atoms with van der Waals surface area (Å²) in [5.74, 6) is -0.294. The maximum atomic E-state index is 11.5.